The van der Waals surface area contributed by atoms with Crippen molar-refractivity contribution >= 4 is 40.0 Å². The van der Waals surface area contributed by atoms with Crippen LogP contribution in [0, 0.1) is 19.8 Å². The molecule has 0 spiro atoms. The largest absolute Gasteiger partial charge is 0.356 e. The van der Waals surface area contributed by atoms with Gasteiger partial charge < -0.3 is 10.6 Å². The van der Waals surface area contributed by atoms with E-state index in [4.69, 9.17) is 0 Å². The zero-order valence-corrected chi connectivity index (χ0v) is 19.6. The topological polar surface area (TPSA) is 100 Å². The summed E-state index contributed by atoms with van der Waals surface area (Å²) >= 11 is 0. The van der Waals surface area contributed by atoms with Crippen molar-refractivity contribution in [3.05, 3.63) is 17.5 Å². The molecule has 1 aliphatic carbocycles. The molecule has 0 bridgehead atoms. The minimum absolute atomic E-state index is 0. The van der Waals surface area contributed by atoms with Crippen LogP contribution in [0.3, 0.4) is 0 Å². The van der Waals surface area contributed by atoms with Crippen LogP contribution < -0.4 is 15.4 Å². The van der Waals surface area contributed by atoms with E-state index in [-0.39, 0.29) is 29.7 Å². The van der Waals surface area contributed by atoms with Crippen LogP contribution >= 0.6 is 24.0 Å². The summed E-state index contributed by atoms with van der Waals surface area (Å²) in [5.41, 5.74) is 2.18. The Hall–Kier alpha value is -0.880. The van der Waals surface area contributed by atoms with Crippen LogP contribution in [0.4, 0.5) is 0 Å². The molecule has 1 aliphatic rings. The number of rotatable bonds is 10. The van der Waals surface area contributed by atoms with Gasteiger partial charge in [0.2, 0.25) is 10.0 Å². The highest BCUT2D eigenvalue weighted by Crippen LogP contribution is 2.25. The molecule has 1 aromatic rings. The average molecular weight is 512 g/mol. The predicted molar refractivity (Wildman–Crippen MR) is 120 cm³/mol. The van der Waals surface area contributed by atoms with Crippen molar-refractivity contribution < 1.29 is 8.42 Å². The lowest BCUT2D eigenvalue weighted by molar-refractivity contribution is 0.316. The Kier molecular flexibility index (Phi) is 10.6. The minimum atomic E-state index is -3.23. The smallest absolute Gasteiger partial charge is 0.213 e. The first kappa shape index (κ1) is 24.2. The first-order valence-corrected chi connectivity index (χ1v) is 11.0. The van der Waals surface area contributed by atoms with Crippen LogP contribution in [0.15, 0.2) is 11.1 Å². The number of nitrogens with one attached hydrogen (secondary N) is 3. The maximum Gasteiger partial charge on any atom is 0.213 e. The zero-order chi connectivity index (χ0) is 19.0. The summed E-state index contributed by atoms with van der Waals surface area (Å²) in [5.74, 6) is 1.19. The number of aromatic nitrogens is 2. The van der Waals surface area contributed by atoms with E-state index >= 15 is 0 Å². The molecule has 0 saturated heterocycles. The Labute approximate surface area is 180 Å². The van der Waals surface area contributed by atoms with Gasteiger partial charge in [-0.05, 0) is 45.1 Å². The third kappa shape index (κ3) is 8.77. The molecule has 1 heterocycles. The van der Waals surface area contributed by atoms with Crippen molar-refractivity contribution in [2.45, 2.75) is 46.1 Å². The van der Waals surface area contributed by atoms with E-state index < -0.39 is 10.0 Å². The van der Waals surface area contributed by atoms with Crippen LogP contribution in [0.5, 0.6) is 0 Å². The summed E-state index contributed by atoms with van der Waals surface area (Å²) in [7, 11) is -1.55. The van der Waals surface area contributed by atoms with Gasteiger partial charge in [-0.15, -0.1) is 24.0 Å². The van der Waals surface area contributed by atoms with Gasteiger partial charge in [0.1, 0.15) is 0 Å². The van der Waals surface area contributed by atoms with E-state index in [0.29, 0.717) is 25.0 Å². The number of guanidine groups is 1. The summed E-state index contributed by atoms with van der Waals surface area (Å²) in [6, 6.07) is 2.06. The van der Waals surface area contributed by atoms with Crippen molar-refractivity contribution in [1.82, 2.24) is 25.1 Å². The first-order valence-electron chi connectivity index (χ1n) is 9.32. The Morgan fingerprint density at radius 1 is 1.30 bits per heavy atom. The van der Waals surface area contributed by atoms with Gasteiger partial charge in [0.05, 0.1) is 11.4 Å². The minimum Gasteiger partial charge on any atom is -0.356 e. The van der Waals surface area contributed by atoms with Crippen molar-refractivity contribution in [2.75, 3.05) is 32.4 Å². The second-order valence-corrected chi connectivity index (χ2v) is 8.82. The molecule has 0 aromatic carbocycles. The highest BCUT2D eigenvalue weighted by Gasteiger charge is 2.20. The molecule has 1 saturated carbocycles. The number of nitrogens with zero attached hydrogens (tertiary/aromatic N) is 3. The molecule has 0 amide bonds. The maximum atomic E-state index is 12.0. The second-order valence-electron chi connectivity index (χ2n) is 6.89. The summed E-state index contributed by atoms with van der Waals surface area (Å²) in [4.78, 5) is 4.13. The standard InChI is InChI=1S/C17H32N6O2S.HI/c1-14-12-15(2)23(22-14)10-5-8-19-17(18-3)20-9-11-26(24,25)21-13-16-6-4-7-16;/h12,16,21H,4-11,13H2,1-3H3,(H2,18,19,20);1H. The highest BCUT2D eigenvalue weighted by atomic mass is 127. The molecule has 2 rings (SSSR count). The summed E-state index contributed by atoms with van der Waals surface area (Å²) in [5, 5.41) is 10.7. The van der Waals surface area contributed by atoms with Crippen molar-refractivity contribution in [3.8, 4) is 0 Å². The van der Waals surface area contributed by atoms with Gasteiger partial charge in [-0.2, -0.15) is 5.10 Å². The van der Waals surface area contributed by atoms with E-state index in [2.05, 4.69) is 31.5 Å². The molecule has 156 valence electrons. The molecular formula is C17H33IN6O2S. The van der Waals surface area contributed by atoms with Crippen LogP contribution in [0.2, 0.25) is 0 Å². The third-order valence-corrected chi connectivity index (χ3v) is 5.99. The predicted octanol–water partition coefficient (Wildman–Crippen LogP) is 1.39. The van der Waals surface area contributed by atoms with Gasteiger partial charge in [0.15, 0.2) is 5.96 Å². The molecule has 3 N–H and O–H groups in total. The van der Waals surface area contributed by atoms with Crippen LogP contribution in [-0.4, -0.2) is 56.6 Å². The fourth-order valence-corrected chi connectivity index (χ4v) is 3.88. The molecule has 0 radical (unpaired) electrons. The normalized spacial score (nSPS) is 15.1. The molecule has 0 unspecified atom stereocenters. The number of hydrogen-bond donors (Lipinski definition) is 3. The molecular weight excluding hydrogens is 479 g/mol. The lowest BCUT2D eigenvalue weighted by Gasteiger charge is -2.25. The molecule has 0 aliphatic heterocycles. The van der Waals surface area contributed by atoms with Gasteiger partial charge in [-0.3, -0.25) is 9.67 Å². The van der Waals surface area contributed by atoms with E-state index in [9.17, 15) is 8.42 Å². The molecule has 8 nitrogen and oxygen atoms in total. The van der Waals surface area contributed by atoms with Gasteiger partial charge in [0, 0.05) is 38.9 Å². The van der Waals surface area contributed by atoms with Crippen LogP contribution in [0.25, 0.3) is 0 Å². The van der Waals surface area contributed by atoms with Gasteiger partial charge in [-0.1, -0.05) is 6.42 Å². The van der Waals surface area contributed by atoms with E-state index in [1.165, 1.54) is 6.42 Å². The Morgan fingerprint density at radius 2 is 2.00 bits per heavy atom. The second kappa shape index (κ2) is 11.8. The van der Waals surface area contributed by atoms with Gasteiger partial charge in [-0.25, -0.2) is 13.1 Å². The highest BCUT2D eigenvalue weighted by molar-refractivity contribution is 14.0. The van der Waals surface area contributed by atoms with Crippen LogP contribution in [-0.2, 0) is 16.6 Å². The Bertz CT molecular complexity index is 700. The fourth-order valence-electron chi connectivity index (χ4n) is 2.88. The molecule has 0 atom stereocenters. The van der Waals surface area contributed by atoms with E-state index in [1.54, 1.807) is 7.05 Å². The molecule has 27 heavy (non-hydrogen) atoms. The van der Waals surface area contributed by atoms with Crippen LogP contribution in [0.1, 0.15) is 37.1 Å². The summed E-state index contributed by atoms with van der Waals surface area (Å²) in [6.07, 6.45) is 4.39. The third-order valence-electron chi connectivity index (χ3n) is 4.65. The van der Waals surface area contributed by atoms with E-state index in [1.807, 2.05) is 18.5 Å². The fraction of sp³-hybridized carbons (Fsp3) is 0.765. The first-order chi connectivity index (χ1) is 12.4. The molecule has 10 heteroatoms. The summed E-state index contributed by atoms with van der Waals surface area (Å²) in [6.45, 7) is 6.52. The average Bonchev–Trinajstić information content (AvgIpc) is 2.85. The van der Waals surface area contributed by atoms with Crippen molar-refractivity contribution in [1.29, 1.82) is 0 Å². The number of aliphatic imine (C=N–C) groups is 1. The lowest BCUT2D eigenvalue weighted by atomic mass is 9.86. The lowest BCUT2D eigenvalue weighted by Crippen LogP contribution is -2.42. The Balaban J connectivity index is 0.00000364. The van der Waals surface area contributed by atoms with Crippen molar-refractivity contribution in [2.24, 2.45) is 10.9 Å². The van der Waals surface area contributed by atoms with E-state index in [0.717, 1.165) is 43.7 Å². The zero-order valence-electron chi connectivity index (χ0n) is 16.5. The number of hydrogen-bond acceptors (Lipinski definition) is 4. The maximum absolute atomic E-state index is 12.0. The number of halogens is 1. The Morgan fingerprint density at radius 3 is 2.56 bits per heavy atom. The molecule has 1 fully saturated rings. The number of aryl methyl sites for hydroxylation is 3. The number of sulfonamides is 1. The van der Waals surface area contributed by atoms with Gasteiger partial charge in [0.25, 0.3) is 0 Å². The SMILES string of the molecule is CN=C(NCCCn1nc(C)cc1C)NCCS(=O)(=O)NCC1CCC1.I. The molecule has 1 aromatic heterocycles. The summed E-state index contributed by atoms with van der Waals surface area (Å²) < 4.78 is 28.6. The van der Waals surface area contributed by atoms with Gasteiger partial charge >= 0.3 is 0 Å². The van der Waals surface area contributed by atoms with Crippen molar-refractivity contribution in [3.63, 3.8) is 0 Å². The monoisotopic (exact) mass is 512 g/mol. The quantitative estimate of drug-likeness (QED) is 0.191.